The zero-order valence-corrected chi connectivity index (χ0v) is 12.2. The fourth-order valence-corrected chi connectivity index (χ4v) is 3.42. The van der Waals surface area contributed by atoms with Crippen molar-refractivity contribution >= 4 is 0 Å². The van der Waals surface area contributed by atoms with Crippen molar-refractivity contribution in [1.82, 2.24) is 14.7 Å². The lowest BCUT2D eigenvalue weighted by molar-refractivity contribution is -0.0592. The first-order valence-corrected chi connectivity index (χ1v) is 7.33. The Labute approximate surface area is 112 Å². The Morgan fingerprint density at radius 3 is 2.33 bits per heavy atom. The Morgan fingerprint density at radius 2 is 1.78 bits per heavy atom. The molecular weight excluding hydrogens is 226 g/mol. The van der Waals surface area contributed by atoms with Crippen LogP contribution >= 0.6 is 0 Å². The molecule has 0 aromatic rings. The second-order valence-electron chi connectivity index (χ2n) is 6.39. The molecule has 0 aromatic carbocycles. The lowest BCUT2D eigenvalue weighted by Gasteiger charge is -2.43. The molecule has 1 N–H and O–H groups in total. The molecule has 106 valence electrons. The molecule has 4 nitrogen and oxygen atoms in total. The van der Waals surface area contributed by atoms with Gasteiger partial charge in [0.15, 0.2) is 0 Å². The van der Waals surface area contributed by atoms with Crippen LogP contribution in [-0.2, 0) is 0 Å². The maximum absolute atomic E-state index is 9.93. The molecule has 2 fully saturated rings. The molecule has 0 amide bonds. The lowest BCUT2D eigenvalue weighted by Crippen LogP contribution is -2.55. The van der Waals surface area contributed by atoms with Crippen LogP contribution in [0.4, 0.5) is 0 Å². The number of β-amino-alcohol motifs (C(OH)–C–C–N with tert-alkyl or cyclic N) is 1. The molecule has 0 spiro atoms. The summed E-state index contributed by atoms with van der Waals surface area (Å²) in [6.07, 6.45) is 5.07. The topological polar surface area (TPSA) is 30.0 Å². The summed E-state index contributed by atoms with van der Waals surface area (Å²) in [7, 11) is 6.35. The van der Waals surface area contributed by atoms with Crippen molar-refractivity contribution in [1.29, 1.82) is 0 Å². The van der Waals surface area contributed by atoms with Crippen LogP contribution in [0.5, 0.6) is 0 Å². The van der Waals surface area contributed by atoms with Gasteiger partial charge in [0.25, 0.3) is 0 Å². The fraction of sp³-hybridized carbons (Fsp3) is 1.00. The third-order valence-electron chi connectivity index (χ3n) is 4.60. The number of piperazine rings is 1. The van der Waals surface area contributed by atoms with Crippen molar-refractivity contribution in [3.63, 3.8) is 0 Å². The summed E-state index contributed by atoms with van der Waals surface area (Å²) in [5.74, 6) is 0.883. The molecule has 2 aliphatic rings. The lowest BCUT2D eigenvalue weighted by atomic mass is 9.85. The average Bonchev–Trinajstić information content (AvgIpc) is 2.33. The fourth-order valence-electron chi connectivity index (χ4n) is 3.42. The molecule has 1 heterocycles. The highest BCUT2D eigenvalue weighted by Gasteiger charge is 2.30. The van der Waals surface area contributed by atoms with E-state index in [4.69, 9.17) is 0 Å². The Morgan fingerprint density at radius 1 is 1.11 bits per heavy atom. The van der Waals surface area contributed by atoms with Crippen molar-refractivity contribution in [2.45, 2.75) is 38.0 Å². The molecule has 1 unspecified atom stereocenters. The van der Waals surface area contributed by atoms with Crippen molar-refractivity contribution in [3.8, 4) is 0 Å². The van der Waals surface area contributed by atoms with Gasteiger partial charge in [-0.3, -0.25) is 9.80 Å². The van der Waals surface area contributed by atoms with Gasteiger partial charge in [-0.2, -0.15) is 0 Å². The highest BCUT2D eigenvalue weighted by molar-refractivity contribution is 4.84. The van der Waals surface area contributed by atoms with Crippen LogP contribution in [0.1, 0.15) is 25.7 Å². The van der Waals surface area contributed by atoms with Gasteiger partial charge in [-0.1, -0.05) is 0 Å². The number of rotatable bonds is 3. The number of aliphatic hydroxyl groups excluding tert-OH is 1. The minimum absolute atomic E-state index is 0.266. The monoisotopic (exact) mass is 255 g/mol. The number of aliphatic hydroxyl groups is 1. The summed E-state index contributed by atoms with van der Waals surface area (Å²) in [5.41, 5.74) is 0. The summed E-state index contributed by atoms with van der Waals surface area (Å²) < 4.78 is 0. The van der Waals surface area contributed by atoms with E-state index in [1.165, 1.54) is 32.2 Å². The van der Waals surface area contributed by atoms with Crippen LogP contribution in [0, 0.1) is 5.92 Å². The first-order chi connectivity index (χ1) is 8.56. The highest BCUT2D eigenvalue weighted by atomic mass is 16.3. The standard InChI is InChI=1S/C14H29N3O/c1-15(2)10-12-4-6-13(7-5-12)17-9-8-16(3)14(18)11-17/h12-14,18H,4-11H2,1-3H3. The predicted molar refractivity (Wildman–Crippen MR) is 74.5 cm³/mol. The molecule has 1 saturated carbocycles. The van der Waals surface area contributed by atoms with E-state index in [1.54, 1.807) is 0 Å². The van der Waals surface area contributed by atoms with E-state index in [1.807, 2.05) is 11.9 Å². The zero-order valence-electron chi connectivity index (χ0n) is 12.2. The van der Waals surface area contributed by atoms with Gasteiger partial charge in [0.2, 0.25) is 0 Å². The largest absolute Gasteiger partial charge is 0.377 e. The Bertz CT molecular complexity index is 251. The number of nitrogens with zero attached hydrogens (tertiary/aromatic N) is 3. The summed E-state index contributed by atoms with van der Waals surface area (Å²) in [6.45, 7) is 4.19. The van der Waals surface area contributed by atoms with Gasteiger partial charge in [-0.25, -0.2) is 0 Å². The molecule has 0 aromatic heterocycles. The summed E-state index contributed by atoms with van der Waals surface area (Å²) in [6, 6.07) is 0.715. The van der Waals surface area contributed by atoms with Crippen LogP contribution < -0.4 is 0 Å². The highest BCUT2D eigenvalue weighted by Crippen LogP contribution is 2.28. The first-order valence-electron chi connectivity index (χ1n) is 7.33. The maximum Gasteiger partial charge on any atom is 0.120 e. The molecular formula is C14H29N3O. The Balaban J connectivity index is 1.76. The van der Waals surface area contributed by atoms with Crippen molar-refractivity contribution in [2.24, 2.45) is 5.92 Å². The molecule has 18 heavy (non-hydrogen) atoms. The van der Waals surface area contributed by atoms with Gasteiger partial charge < -0.3 is 10.0 Å². The van der Waals surface area contributed by atoms with Gasteiger partial charge >= 0.3 is 0 Å². The maximum atomic E-state index is 9.93. The van der Waals surface area contributed by atoms with Gasteiger partial charge in [0.05, 0.1) is 0 Å². The van der Waals surface area contributed by atoms with E-state index in [9.17, 15) is 5.11 Å². The second kappa shape index (κ2) is 6.33. The van der Waals surface area contributed by atoms with Crippen LogP contribution in [0.15, 0.2) is 0 Å². The Hall–Kier alpha value is -0.160. The number of hydrogen-bond acceptors (Lipinski definition) is 4. The minimum Gasteiger partial charge on any atom is -0.377 e. The zero-order chi connectivity index (χ0) is 13.1. The smallest absolute Gasteiger partial charge is 0.120 e. The third kappa shape index (κ3) is 3.67. The molecule has 1 aliphatic carbocycles. The van der Waals surface area contributed by atoms with Gasteiger partial charge in [-0.05, 0) is 52.7 Å². The molecule has 1 saturated heterocycles. The summed E-state index contributed by atoms with van der Waals surface area (Å²) >= 11 is 0. The summed E-state index contributed by atoms with van der Waals surface area (Å²) in [5, 5.41) is 9.93. The van der Waals surface area contributed by atoms with E-state index < -0.39 is 0 Å². The van der Waals surface area contributed by atoms with Gasteiger partial charge in [-0.15, -0.1) is 0 Å². The van der Waals surface area contributed by atoms with E-state index >= 15 is 0 Å². The molecule has 1 atom stereocenters. The van der Waals surface area contributed by atoms with E-state index in [0.717, 1.165) is 25.6 Å². The second-order valence-corrected chi connectivity index (χ2v) is 6.39. The number of hydrogen-bond donors (Lipinski definition) is 1. The van der Waals surface area contributed by atoms with Crippen molar-refractivity contribution < 1.29 is 5.11 Å². The quantitative estimate of drug-likeness (QED) is 0.803. The van der Waals surface area contributed by atoms with E-state index in [0.29, 0.717) is 6.04 Å². The minimum atomic E-state index is -0.266. The Kier molecular flexibility index (Phi) is 5.01. The van der Waals surface area contributed by atoms with Crippen molar-refractivity contribution in [3.05, 3.63) is 0 Å². The van der Waals surface area contributed by atoms with Gasteiger partial charge in [0.1, 0.15) is 6.23 Å². The SMILES string of the molecule is CN(C)CC1CCC(N2CCN(C)C(O)C2)CC1. The molecule has 4 heteroatoms. The van der Waals surface area contributed by atoms with Crippen LogP contribution in [0.2, 0.25) is 0 Å². The summed E-state index contributed by atoms with van der Waals surface area (Å²) in [4.78, 5) is 6.87. The normalized spacial score (nSPS) is 36.2. The molecule has 2 rings (SSSR count). The first kappa shape index (κ1) is 14.3. The molecule has 1 aliphatic heterocycles. The van der Waals surface area contributed by atoms with Crippen LogP contribution in [0.3, 0.4) is 0 Å². The third-order valence-corrected chi connectivity index (χ3v) is 4.60. The molecule has 0 radical (unpaired) electrons. The van der Waals surface area contributed by atoms with Crippen LogP contribution in [-0.4, -0.2) is 79.4 Å². The van der Waals surface area contributed by atoms with Gasteiger partial charge in [0, 0.05) is 32.2 Å². The predicted octanol–water partition coefficient (Wildman–Crippen LogP) is 0.673. The van der Waals surface area contributed by atoms with E-state index in [2.05, 4.69) is 23.9 Å². The van der Waals surface area contributed by atoms with Crippen molar-refractivity contribution in [2.75, 3.05) is 47.3 Å². The van der Waals surface area contributed by atoms with Crippen LogP contribution in [0.25, 0.3) is 0 Å². The van der Waals surface area contributed by atoms with E-state index in [-0.39, 0.29) is 6.23 Å². The average molecular weight is 255 g/mol. The number of likely N-dealkylation sites (N-methyl/N-ethyl adjacent to an activating group) is 1. The molecule has 0 bridgehead atoms.